The average molecular weight is 282 g/mol. The predicted molar refractivity (Wildman–Crippen MR) is 87.0 cm³/mol. The van der Waals surface area contributed by atoms with Crippen LogP contribution in [0.4, 0.5) is 0 Å². The normalized spacial score (nSPS) is 15.4. The van der Waals surface area contributed by atoms with Crippen molar-refractivity contribution >= 4 is 11.3 Å². The molecule has 1 N–H and O–H groups in total. The van der Waals surface area contributed by atoms with Gasteiger partial charge in [0.1, 0.15) is 0 Å². The van der Waals surface area contributed by atoms with E-state index < -0.39 is 0 Å². The molecule has 0 saturated carbocycles. The minimum absolute atomic E-state index is 0.558. The smallest absolute Gasteiger partial charge is 0.0243 e. The Hall–Kier alpha value is -0.380. The maximum absolute atomic E-state index is 3.58. The first-order valence-corrected chi connectivity index (χ1v) is 8.27. The summed E-state index contributed by atoms with van der Waals surface area (Å²) in [5.74, 6) is 0.669. The number of nitrogens with one attached hydrogen (secondary N) is 1. The summed E-state index contributed by atoms with van der Waals surface area (Å²) in [5, 5.41) is 5.75. The van der Waals surface area contributed by atoms with Crippen LogP contribution in [0, 0.1) is 5.92 Å². The highest BCUT2D eigenvalue weighted by molar-refractivity contribution is 7.09. The Morgan fingerprint density at radius 2 is 1.89 bits per heavy atom. The third-order valence-electron chi connectivity index (χ3n) is 3.80. The van der Waals surface area contributed by atoms with Gasteiger partial charge in [0, 0.05) is 29.5 Å². The average Bonchev–Trinajstić information content (AvgIpc) is 2.80. The SMILES string of the molecule is CC(C)NCC(C(C)C)N(C)C(C)Cc1cccs1. The molecule has 0 saturated heterocycles. The van der Waals surface area contributed by atoms with Crippen molar-refractivity contribution in [2.24, 2.45) is 5.92 Å². The van der Waals surface area contributed by atoms with Gasteiger partial charge in [-0.3, -0.25) is 4.90 Å². The van der Waals surface area contributed by atoms with Crippen molar-refractivity contribution < 1.29 is 0 Å². The van der Waals surface area contributed by atoms with E-state index in [2.05, 4.69) is 69.4 Å². The minimum atomic E-state index is 0.558. The zero-order chi connectivity index (χ0) is 14.4. The van der Waals surface area contributed by atoms with Gasteiger partial charge in [-0.2, -0.15) is 0 Å². The molecule has 0 fully saturated rings. The lowest BCUT2D eigenvalue weighted by Gasteiger charge is -2.36. The zero-order valence-corrected chi connectivity index (χ0v) is 14.1. The van der Waals surface area contributed by atoms with Gasteiger partial charge in [0.2, 0.25) is 0 Å². The molecule has 19 heavy (non-hydrogen) atoms. The first-order chi connectivity index (χ1) is 8.91. The number of thiophene rings is 1. The molecular formula is C16H30N2S. The summed E-state index contributed by atoms with van der Waals surface area (Å²) in [6.07, 6.45) is 1.15. The van der Waals surface area contributed by atoms with E-state index in [1.165, 1.54) is 4.88 Å². The fourth-order valence-electron chi connectivity index (χ4n) is 2.40. The van der Waals surface area contributed by atoms with E-state index in [4.69, 9.17) is 0 Å². The van der Waals surface area contributed by atoms with E-state index in [1.54, 1.807) is 0 Å². The second-order valence-electron chi connectivity index (χ2n) is 6.17. The lowest BCUT2D eigenvalue weighted by molar-refractivity contribution is 0.139. The van der Waals surface area contributed by atoms with Gasteiger partial charge in [-0.25, -0.2) is 0 Å². The Bertz CT molecular complexity index is 333. The molecule has 3 heteroatoms. The summed E-state index contributed by atoms with van der Waals surface area (Å²) >= 11 is 1.86. The standard InChI is InChI=1S/C16H30N2S/c1-12(2)16(11-17-13(3)4)18(6)14(5)10-15-8-7-9-19-15/h7-9,12-14,16-17H,10-11H2,1-6H3. The highest BCUT2D eigenvalue weighted by atomic mass is 32.1. The molecule has 1 aromatic heterocycles. The molecule has 0 bridgehead atoms. The van der Waals surface area contributed by atoms with Crippen LogP contribution >= 0.6 is 11.3 Å². The fraction of sp³-hybridized carbons (Fsp3) is 0.750. The van der Waals surface area contributed by atoms with Crippen LogP contribution in [-0.4, -0.2) is 36.6 Å². The molecule has 0 aromatic carbocycles. The van der Waals surface area contributed by atoms with Crippen LogP contribution < -0.4 is 5.32 Å². The van der Waals surface area contributed by atoms with Crippen molar-refractivity contribution in [1.29, 1.82) is 0 Å². The molecule has 1 aromatic rings. The van der Waals surface area contributed by atoms with Crippen molar-refractivity contribution in [2.45, 2.75) is 59.2 Å². The summed E-state index contributed by atoms with van der Waals surface area (Å²) < 4.78 is 0. The summed E-state index contributed by atoms with van der Waals surface area (Å²) in [6.45, 7) is 12.5. The lowest BCUT2D eigenvalue weighted by Crippen LogP contribution is -2.49. The third-order valence-corrected chi connectivity index (χ3v) is 4.70. The molecule has 0 spiro atoms. The number of hydrogen-bond donors (Lipinski definition) is 1. The van der Waals surface area contributed by atoms with Crippen LogP contribution in [0.1, 0.15) is 39.5 Å². The molecule has 110 valence electrons. The molecular weight excluding hydrogens is 252 g/mol. The van der Waals surface area contributed by atoms with E-state index in [-0.39, 0.29) is 0 Å². The van der Waals surface area contributed by atoms with Crippen molar-refractivity contribution in [1.82, 2.24) is 10.2 Å². The number of rotatable bonds is 8. The van der Waals surface area contributed by atoms with Crippen molar-refractivity contribution in [2.75, 3.05) is 13.6 Å². The first-order valence-electron chi connectivity index (χ1n) is 7.39. The van der Waals surface area contributed by atoms with Gasteiger partial charge in [0.25, 0.3) is 0 Å². The molecule has 1 rings (SSSR count). The Balaban J connectivity index is 2.56. The van der Waals surface area contributed by atoms with Crippen molar-refractivity contribution in [3.63, 3.8) is 0 Å². The van der Waals surface area contributed by atoms with Crippen LogP contribution in [0.5, 0.6) is 0 Å². The molecule has 2 nitrogen and oxygen atoms in total. The maximum atomic E-state index is 3.58. The Kier molecular flexibility index (Phi) is 7.05. The molecule has 0 aliphatic heterocycles. The van der Waals surface area contributed by atoms with E-state index in [1.807, 2.05) is 11.3 Å². The molecule has 0 radical (unpaired) electrons. The quantitative estimate of drug-likeness (QED) is 0.783. The Morgan fingerprint density at radius 1 is 1.21 bits per heavy atom. The van der Waals surface area contributed by atoms with Crippen LogP contribution in [-0.2, 0) is 6.42 Å². The number of hydrogen-bond acceptors (Lipinski definition) is 3. The van der Waals surface area contributed by atoms with Gasteiger partial charge in [-0.1, -0.05) is 33.8 Å². The van der Waals surface area contributed by atoms with Gasteiger partial charge in [0.05, 0.1) is 0 Å². The first kappa shape index (κ1) is 16.7. The van der Waals surface area contributed by atoms with Crippen LogP contribution in [0.2, 0.25) is 0 Å². The highest BCUT2D eigenvalue weighted by Gasteiger charge is 2.23. The van der Waals surface area contributed by atoms with Gasteiger partial charge in [-0.05, 0) is 37.8 Å². The molecule has 2 atom stereocenters. The predicted octanol–water partition coefficient (Wildman–Crippen LogP) is 3.63. The zero-order valence-electron chi connectivity index (χ0n) is 13.3. The molecule has 2 unspecified atom stereocenters. The second kappa shape index (κ2) is 8.03. The Morgan fingerprint density at radius 3 is 2.37 bits per heavy atom. The van der Waals surface area contributed by atoms with E-state index in [0.29, 0.717) is 24.0 Å². The molecule has 0 aliphatic carbocycles. The van der Waals surface area contributed by atoms with Crippen molar-refractivity contribution in [3.8, 4) is 0 Å². The number of nitrogens with zero attached hydrogens (tertiary/aromatic N) is 1. The Labute approximate surface area is 123 Å². The maximum Gasteiger partial charge on any atom is 0.0243 e. The van der Waals surface area contributed by atoms with Gasteiger partial charge < -0.3 is 5.32 Å². The lowest BCUT2D eigenvalue weighted by atomic mass is 10.00. The summed E-state index contributed by atoms with van der Waals surface area (Å²) in [7, 11) is 2.27. The third kappa shape index (κ3) is 5.64. The second-order valence-corrected chi connectivity index (χ2v) is 7.20. The highest BCUT2D eigenvalue weighted by Crippen LogP contribution is 2.17. The van der Waals surface area contributed by atoms with E-state index in [0.717, 1.165) is 13.0 Å². The molecule has 0 amide bonds. The van der Waals surface area contributed by atoms with Gasteiger partial charge in [0.15, 0.2) is 0 Å². The summed E-state index contributed by atoms with van der Waals surface area (Å²) in [6, 6.07) is 6.12. The van der Waals surface area contributed by atoms with Crippen LogP contribution in [0.15, 0.2) is 17.5 Å². The summed E-state index contributed by atoms with van der Waals surface area (Å²) in [5.41, 5.74) is 0. The molecule has 1 heterocycles. The largest absolute Gasteiger partial charge is 0.313 e. The van der Waals surface area contributed by atoms with Crippen LogP contribution in [0.25, 0.3) is 0 Å². The van der Waals surface area contributed by atoms with E-state index in [9.17, 15) is 0 Å². The summed E-state index contributed by atoms with van der Waals surface area (Å²) in [4.78, 5) is 4.03. The molecule has 0 aliphatic rings. The fourth-order valence-corrected chi connectivity index (χ4v) is 3.22. The van der Waals surface area contributed by atoms with Gasteiger partial charge >= 0.3 is 0 Å². The van der Waals surface area contributed by atoms with E-state index >= 15 is 0 Å². The van der Waals surface area contributed by atoms with Gasteiger partial charge in [-0.15, -0.1) is 11.3 Å². The topological polar surface area (TPSA) is 15.3 Å². The minimum Gasteiger partial charge on any atom is -0.313 e. The van der Waals surface area contributed by atoms with Crippen LogP contribution in [0.3, 0.4) is 0 Å². The number of likely N-dealkylation sites (N-methyl/N-ethyl adjacent to an activating group) is 1. The van der Waals surface area contributed by atoms with Crippen molar-refractivity contribution in [3.05, 3.63) is 22.4 Å². The monoisotopic (exact) mass is 282 g/mol.